The molecule has 0 aliphatic carbocycles. The average Bonchev–Trinajstić information content (AvgIpc) is 3.09. The minimum absolute atomic E-state index is 0.0539. The first kappa shape index (κ1) is 19.9. The standard InChI is InChI=1S/C20H19N3O6/c24-18(25)15(9-12-10-22-14-4-2-1-3-13(12)14)21-6-5-11-7-16(19(26)27)23-17(8-11)20(28)29/h1-7,10,15,17,22-23H,8-9H2,(H,24,25)(H,26,27)(H,28,29)/b11-5+,21-6?/t15-,17-/m0/s1. The number of hydrogen-bond acceptors (Lipinski definition) is 5. The molecule has 0 bridgehead atoms. The number of rotatable bonds is 7. The number of aliphatic carboxylic acids is 3. The van der Waals surface area contributed by atoms with Crippen LogP contribution in [0.15, 0.2) is 58.9 Å². The highest BCUT2D eigenvalue weighted by molar-refractivity contribution is 5.90. The van der Waals surface area contributed by atoms with Gasteiger partial charge in [-0.1, -0.05) is 18.2 Å². The van der Waals surface area contributed by atoms with Crippen LogP contribution in [-0.4, -0.2) is 56.5 Å². The van der Waals surface area contributed by atoms with E-state index in [1.807, 2.05) is 24.3 Å². The van der Waals surface area contributed by atoms with Crippen LogP contribution in [0.3, 0.4) is 0 Å². The molecule has 2 atom stereocenters. The number of carboxylic acid groups (broad SMARTS) is 3. The topological polar surface area (TPSA) is 152 Å². The number of allylic oxidation sites excluding steroid dienone is 2. The number of nitrogens with one attached hydrogen (secondary N) is 2. The van der Waals surface area contributed by atoms with Crippen LogP contribution in [0.5, 0.6) is 0 Å². The third kappa shape index (κ3) is 4.70. The molecule has 0 spiro atoms. The minimum Gasteiger partial charge on any atom is -0.480 e. The molecule has 0 unspecified atom stereocenters. The molecule has 0 fully saturated rings. The maximum Gasteiger partial charge on any atom is 0.351 e. The molecule has 1 aromatic heterocycles. The Bertz CT molecular complexity index is 1050. The first-order chi connectivity index (χ1) is 13.8. The van der Waals surface area contributed by atoms with E-state index in [2.05, 4.69) is 15.3 Å². The van der Waals surface area contributed by atoms with E-state index >= 15 is 0 Å². The van der Waals surface area contributed by atoms with Crippen molar-refractivity contribution in [3.05, 3.63) is 59.4 Å². The summed E-state index contributed by atoms with van der Waals surface area (Å²) in [6.45, 7) is 0. The predicted molar refractivity (Wildman–Crippen MR) is 105 cm³/mol. The average molecular weight is 397 g/mol. The first-order valence-corrected chi connectivity index (χ1v) is 8.79. The Morgan fingerprint density at radius 1 is 1.21 bits per heavy atom. The molecule has 0 saturated carbocycles. The number of aromatic amines is 1. The van der Waals surface area contributed by atoms with Gasteiger partial charge in [0, 0.05) is 36.2 Å². The summed E-state index contributed by atoms with van der Waals surface area (Å²) < 4.78 is 0. The Labute approximate surface area is 165 Å². The second kappa shape index (κ2) is 8.42. The van der Waals surface area contributed by atoms with E-state index in [9.17, 15) is 19.5 Å². The molecule has 9 nitrogen and oxygen atoms in total. The van der Waals surface area contributed by atoms with E-state index in [0.717, 1.165) is 16.5 Å². The van der Waals surface area contributed by atoms with E-state index in [-0.39, 0.29) is 18.5 Å². The van der Waals surface area contributed by atoms with Crippen LogP contribution >= 0.6 is 0 Å². The molecule has 2 aromatic rings. The van der Waals surface area contributed by atoms with Crippen LogP contribution in [0.2, 0.25) is 0 Å². The number of hydrogen-bond donors (Lipinski definition) is 5. The van der Waals surface area contributed by atoms with Crippen molar-refractivity contribution in [2.75, 3.05) is 0 Å². The Kier molecular flexibility index (Phi) is 5.77. The normalized spacial score (nSPS) is 19.1. The van der Waals surface area contributed by atoms with Crippen molar-refractivity contribution in [2.45, 2.75) is 24.9 Å². The molecule has 0 amide bonds. The summed E-state index contributed by atoms with van der Waals surface area (Å²) in [7, 11) is 0. The van der Waals surface area contributed by atoms with Crippen molar-refractivity contribution in [1.29, 1.82) is 0 Å². The van der Waals surface area contributed by atoms with Gasteiger partial charge in [-0.05, 0) is 29.4 Å². The van der Waals surface area contributed by atoms with Crippen molar-refractivity contribution in [3.8, 4) is 0 Å². The summed E-state index contributed by atoms with van der Waals surface area (Å²) in [6.07, 6.45) is 6.00. The molecule has 2 heterocycles. The summed E-state index contributed by atoms with van der Waals surface area (Å²) in [5.74, 6) is -3.55. The lowest BCUT2D eigenvalue weighted by molar-refractivity contribution is -0.140. The molecule has 3 rings (SSSR count). The Balaban J connectivity index is 1.79. The lowest BCUT2D eigenvalue weighted by Gasteiger charge is -2.21. The zero-order valence-electron chi connectivity index (χ0n) is 15.2. The molecule has 9 heteroatoms. The molecular weight excluding hydrogens is 378 g/mol. The molecule has 1 aliphatic heterocycles. The number of aromatic nitrogens is 1. The largest absolute Gasteiger partial charge is 0.480 e. The maximum absolute atomic E-state index is 11.6. The quantitative estimate of drug-likeness (QED) is 0.445. The summed E-state index contributed by atoms with van der Waals surface area (Å²) in [4.78, 5) is 41.1. The van der Waals surface area contributed by atoms with Crippen molar-refractivity contribution in [1.82, 2.24) is 10.3 Å². The van der Waals surface area contributed by atoms with Crippen LogP contribution < -0.4 is 5.32 Å². The summed E-state index contributed by atoms with van der Waals surface area (Å²) >= 11 is 0. The molecule has 0 saturated heterocycles. The predicted octanol–water partition coefficient (Wildman–Crippen LogP) is 1.58. The van der Waals surface area contributed by atoms with Crippen molar-refractivity contribution in [3.63, 3.8) is 0 Å². The number of nitrogens with zero attached hydrogens (tertiary/aromatic N) is 1. The van der Waals surface area contributed by atoms with Crippen molar-refractivity contribution in [2.24, 2.45) is 4.99 Å². The van der Waals surface area contributed by atoms with Gasteiger partial charge in [0.05, 0.1) is 0 Å². The maximum atomic E-state index is 11.6. The van der Waals surface area contributed by atoms with Gasteiger partial charge in [-0.2, -0.15) is 0 Å². The summed E-state index contributed by atoms with van der Waals surface area (Å²) in [5.41, 5.74) is 1.91. The number of aliphatic imine (C=N–C) groups is 1. The molecule has 29 heavy (non-hydrogen) atoms. The first-order valence-electron chi connectivity index (χ1n) is 8.79. The second-order valence-electron chi connectivity index (χ2n) is 6.56. The third-order valence-electron chi connectivity index (χ3n) is 4.56. The van der Waals surface area contributed by atoms with Gasteiger partial charge in [-0.15, -0.1) is 0 Å². The van der Waals surface area contributed by atoms with Crippen LogP contribution in [0, 0.1) is 0 Å². The van der Waals surface area contributed by atoms with Crippen LogP contribution in [-0.2, 0) is 20.8 Å². The number of H-pyrrole nitrogens is 1. The SMILES string of the molecule is O=C(O)C1=C/C(=C\C=N[C@@H](Cc2c[nH]c3ccccc23)C(=O)O)C[C@@H](C(=O)O)N1. The van der Waals surface area contributed by atoms with Gasteiger partial charge < -0.3 is 25.6 Å². The molecule has 1 aliphatic rings. The Morgan fingerprint density at radius 3 is 2.66 bits per heavy atom. The van der Waals surface area contributed by atoms with Gasteiger partial charge in [-0.25, -0.2) is 14.4 Å². The zero-order valence-corrected chi connectivity index (χ0v) is 15.2. The highest BCUT2D eigenvalue weighted by Crippen LogP contribution is 2.20. The highest BCUT2D eigenvalue weighted by Gasteiger charge is 2.26. The van der Waals surface area contributed by atoms with E-state index in [1.165, 1.54) is 18.4 Å². The van der Waals surface area contributed by atoms with Crippen LogP contribution in [0.25, 0.3) is 10.9 Å². The lowest BCUT2D eigenvalue weighted by Crippen LogP contribution is -2.41. The van der Waals surface area contributed by atoms with Gasteiger partial charge in [0.15, 0.2) is 6.04 Å². The van der Waals surface area contributed by atoms with Crippen LogP contribution in [0.1, 0.15) is 12.0 Å². The fraction of sp³-hybridized carbons (Fsp3) is 0.200. The minimum atomic E-state index is -1.28. The van der Waals surface area contributed by atoms with Gasteiger partial charge in [0.2, 0.25) is 0 Å². The second-order valence-corrected chi connectivity index (χ2v) is 6.56. The van der Waals surface area contributed by atoms with E-state index < -0.39 is 30.0 Å². The zero-order chi connectivity index (χ0) is 21.0. The highest BCUT2D eigenvalue weighted by atomic mass is 16.4. The molecule has 150 valence electrons. The van der Waals surface area contributed by atoms with Gasteiger partial charge in [-0.3, -0.25) is 4.99 Å². The number of carbonyl (C=O) groups is 3. The van der Waals surface area contributed by atoms with Crippen molar-refractivity contribution >= 4 is 35.0 Å². The molecular formula is C20H19N3O6. The number of para-hydroxylation sites is 1. The summed E-state index contributed by atoms with van der Waals surface area (Å²) in [6, 6.07) is 5.42. The van der Waals surface area contributed by atoms with Gasteiger partial charge >= 0.3 is 17.9 Å². The number of fused-ring (bicyclic) bond motifs is 1. The molecule has 0 radical (unpaired) electrons. The fourth-order valence-electron chi connectivity index (χ4n) is 3.10. The summed E-state index contributed by atoms with van der Waals surface area (Å²) in [5, 5.41) is 31.1. The lowest BCUT2D eigenvalue weighted by atomic mass is 10.00. The molecule has 1 aromatic carbocycles. The Hall–Kier alpha value is -3.88. The molecule has 5 N–H and O–H groups in total. The smallest absolute Gasteiger partial charge is 0.351 e. The number of benzene rings is 1. The van der Waals surface area contributed by atoms with Crippen molar-refractivity contribution < 1.29 is 29.7 Å². The van der Waals surface area contributed by atoms with E-state index in [0.29, 0.717) is 5.57 Å². The van der Waals surface area contributed by atoms with E-state index in [4.69, 9.17) is 10.2 Å². The third-order valence-corrected chi connectivity index (χ3v) is 4.56. The van der Waals surface area contributed by atoms with Crippen LogP contribution in [0.4, 0.5) is 0 Å². The van der Waals surface area contributed by atoms with Gasteiger partial charge in [0.1, 0.15) is 11.7 Å². The van der Waals surface area contributed by atoms with E-state index in [1.54, 1.807) is 6.20 Å². The monoisotopic (exact) mass is 397 g/mol. The number of carboxylic acids is 3. The fourth-order valence-corrected chi connectivity index (χ4v) is 3.10. The Morgan fingerprint density at radius 2 is 1.97 bits per heavy atom. The van der Waals surface area contributed by atoms with Gasteiger partial charge in [0.25, 0.3) is 0 Å².